The van der Waals surface area contributed by atoms with Crippen LogP contribution in [0, 0.1) is 0 Å². The van der Waals surface area contributed by atoms with E-state index in [1.807, 2.05) is 0 Å². The second-order valence-corrected chi connectivity index (χ2v) is 0.947. The van der Waals surface area contributed by atoms with Gasteiger partial charge in [-0.3, -0.25) is 0 Å². The summed E-state index contributed by atoms with van der Waals surface area (Å²) in [4.78, 5) is 3.59. The van der Waals surface area contributed by atoms with E-state index in [2.05, 4.69) is 20.3 Å². The van der Waals surface area contributed by atoms with Gasteiger partial charge in [0.1, 0.15) is 6.34 Å². The first kappa shape index (κ1) is 4.11. The molecular formula is C3H4N3O. The van der Waals surface area contributed by atoms with Gasteiger partial charge in [-0.15, -0.1) is 5.10 Å². The molecule has 1 radical (unpaired) electrons. The SMILES string of the molecule is COC1=NC=N[N]1. The Kier molecular flexibility index (Phi) is 0.934. The predicted octanol–water partition coefficient (Wildman–Crippen LogP) is -0.450. The van der Waals surface area contributed by atoms with Crippen molar-refractivity contribution in [1.29, 1.82) is 0 Å². The Morgan fingerprint density at radius 1 is 1.71 bits per heavy atom. The number of ether oxygens (including phenoxy) is 1. The minimum absolute atomic E-state index is 0.319. The summed E-state index contributed by atoms with van der Waals surface area (Å²) in [6, 6.07) is 0.319. The van der Waals surface area contributed by atoms with E-state index in [-0.39, 0.29) is 0 Å². The van der Waals surface area contributed by atoms with Gasteiger partial charge in [0.05, 0.1) is 7.11 Å². The fourth-order valence-corrected chi connectivity index (χ4v) is 0.270. The molecule has 7 heavy (non-hydrogen) atoms. The fourth-order valence-electron chi connectivity index (χ4n) is 0.270. The molecule has 1 rings (SSSR count). The van der Waals surface area contributed by atoms with E-state index in [0.717, 1.165) is 0 Å². The van der Waals surface area contributed by atoms with Crippen LogP contribution in [0.25, 0.3) is 0 Å². The van der Waals surface area contributed by atoms with E-state index in [9.17, 15) is 0 Å². The number of nitrogens with zero attached hydrogens (tertiary/aromatic N) is 3. The van der Waals surface area contributed by atoms with Gasteiger partial charge in [-0.25, -0.2) is 0 Å². The van der Waals surface area contributed by atoms with Crippen molar-refractivity contribution < 1.29 is 4.74 Å². The van der Waals surface area contributed by atoms with Crippen molar-refractivity contribution in [2.45, 2.75) is 0 Å². The third-order valence-corrected chi connectivity index (χ3v) is 0.546. The lowest BCUT2D eigenvalue weighted by Gasteiger charge is -1.88. The second kappa shape index (κ2) is 1.59. The molecule has 4 heteroatoms. The normalized spacial score (nSPS) is 15.9. The molecule has 0 bridgehead atoms. The van der Waals surface area contributed by atoms with Crippen molar-refractivity contribution in [3.05, 3.63) is 0 Å². The van der Waals surface area contributed by atoms with Gasteiger partial charge < -0.3 is 4.74 Å². The monoisotopic (exact) mass is 98.0 g/mol. The van der Waals surface area contributed by atoms with Gasteiger partial charge in [-0.05, 0) is 0 Å². The van der Waals surface area contributed by atoms with Gasteiger partial charge in [0.15, 0.2) is 0 Å². The molecular weight excluding hydrogens is 94.1 g/mol. The smallest absolute Gasteiger partial charge is 0.336 e. The average molecular weight is 98.1 g/mol. The fraction of sp³-hybridized carbons (Fsp3) is 0.333. The van der Waals surface area contributed by atoms with Gasteiger partial charge in [0, 0.05) is 0 Å². The summed E-state index contributed by atoms with van der Waals surface area (Å²) >= 11 is 0. The molecule has 0 aromatic carbocycles. The van der Waals surface area contributed by atoms with Gasteiger partial charge in [-0.1, -0.05) is 5.43 Å². The molecule has 0 amide bonds. The first-order valence-electron chi connectivity index (χ1n) is 1.78. The number of rotatable bonds is 0. The molecule has 0 spiro atoms. The second-order valence-electron chi connectivity index (χ2n) is 0.947. The summed E-state index contributed by atoms with van der Waals surface area (Å²) in [5, 5.41) is 3.41. The first-order valence-corrected chi connectivity index (χ1v) is 1.78. The van der Waals surface area contributed by atoms with Crippen LogP contribution in [-0.2, 0) is 4.74 Å². The van der Waals surface area contributed by atoms with Crippen LogP contribution in [0.5, 0.6) is 0 Å². The van der Waals surface area contributed by atoms with E-state index in [1.165, 1.54) is 13.4 Å². The summed E-state index contributed by atoms with van der Waals surface area (Å²) < 4.78 is 4.57. The third-order valence-electron chi connectivity index (χ3n) is 0.546. The number of aliphatic imine (C=N–C) groups is 1. The number of hydrogen-bond acceptors (Lipinski definition) is 3. The zero-order chi connectivity index (χ0) is 5.11. The van der Waals surface area contributed by atoms with Crippen LogP contribution < -0.4 is 5.43 Å². The highest BCUT2D eigenvalue weighted by Crippen LogP contribution is 1.81. The molecule has 4 nitrogen and oxygen atoms in total. The zero-order valence-electron chi connectivity index (χ0n) is 3.83. The van der Waals surface area contributed by atoms with E-state index < -0.39 is 0 Å². The molecule has 0 aliphatic carbocycles. The van der Waals surface area contributed by atoms with Gasteiger partial charge >= 0.3 is 6.02 Å². The molecule has 0 fully saturated rings. The molecule has 0 N–H and O–H groups in total. The molecule has 1 heterocycles. The summed E-state index contributed by atoms with van der Waals surface area (Å²) in [5.41, 5.74) is 3.45. The lowest BCUT2D eigenvalue weighted by molar-refractivity contribution is 0.384. The maximum Gasteiger partial charge on any atom is 0.336 e. The summed E-state index contributed by atoms with van der Waals surface area (Å²) in [5.74, 6) is 0. The average Bonchev–Trinajstić information content (AvgIpc) is 2.14. The van der Waals surface area contributed by atoms with Crippen molar-refractivity contribution in [1.82, 2.24) is 5.43 Å². The minimum atomic E-state index is 0.319. The standard InChI is InChI=1S/C3H4N3O/c1-7-3-4-2-5-6-3/h2H,1H3. The summed E-state index contributed by atoms with van der Waals surface area (Å²) in [7, 11) is 1.50. The van der Waals surface area contributed by atoms with Crippen LogP contribution in [-0.4, -0.2) is 19.5 Å². The van der Waals surface area contributed by atoms with E-state index in [4.69, 9.17) is 0 Å². The maximum atomic E-state index is 4.57. The topological polar surface area (TPSA) is 48.1 Å². The Balaban J connectivity index is 2.45. The molecule has 0 aromatic heterocycles. The highest BCUT2D eigenvalue weighted by molar-refractivity contribution is 5.85. The molecule has 0 atom stereocenters. The highest BCUT2D eigenvalue weighted by Gasteiger charge is 1.98. The molecule has 0 saturated heterocycles. The van der Waals surface area contributed by atoms with Crippen molar-refractivity contribution in [3.63, 3.8) is 0 Å². The van der Waals surface area contributed by atoms with Crippen LogP contribution >= 0.6 is 0 Å². The first-order chi connectivity index (χ1) is 3.43. The van der Waals surface area contributed by atoms with Crippen LogP contribution in [0.15, 0.2) is 10.1 Å². The van der Waals surface area contributed by atoms with Crippen LogP contribution in [0.1, 0.15) is 0 Å². The van der Waals surface area contributed by atoms with Crippen LogP contribution in [0.3, 0.4) is 0 Å². The summed E-state index contributed by atoms with van der Waals surface area (Å²) in [6.45, 7) is 0. The predicted molar refractivity (Wildman–Crippen MR) is 25.1 cm³/mol. The highest BCUT2D eigenvalue weighted by atomic mass is 16.5. The van der Waals surface area contributed by atoms with Crippen molar-refractivity contribution in [3.8, 4) is 0 Å². The zero-order valence-corrected chi connectivity index (χ0v) is 3.83. The van der Waals surface area contributed by atoms with Gasteiger partial charge in [-0.2, -0.15) is 4.99 Å². The molecule has 1 aliphatic heterocycles. The Bertz CT molecular complexity index is 117. The lowest BCUT2D eigenvalue weighted by Crippen LogP contribution is -2.06. The summed E-state index contributed by atoms with van der Waals surface area (Å²) in [6.07, 6.45) is 1.33. The van der Waals surface area contributed by atoms with Crippen LogP contribution in [0.4, 0.5) is 0 Å². The van der Waals surface area contributed by atoms with Gasteiger partial charge in [0.2, 0.25) is 0 Å². The van der Waals surface area contributed by atoms with Crippen molar-refractivity contribution in [2.75, 3.05) is 7.11 Å². The third kappa shape index (κ3) is 0.677. The molecule has 37 valence electrons. The molecule has 0 aromatic rings. The Morgan fingerprint density at radius 3 is 2.86 bits per heavy atom. The van der Waals surface area contributed by atoms with Crippen molar-refractivity contribution in [2.24, 2.45) is 10.1 Å². The number of hydrogen-bond donors (Lipinski definition) is 0. The Hall–Kier alpha value is -1.06. The maximum absolute atomic E-state index is 4.57. The van der Waals surface area contributed by atoms with E-state index in [1.54, 1.807) is 0 Å². The Labute approximate surface area is 40.9 Å². The van der Waals surface area contributed by atoms with E-state index in [0.29, 0.717) is 6.02 Å². The molecule has 1 aliphatic rings. The largest absolute Gasteiger partial charge is 0.466 e. The molecule has 0 saturated carbocycles. The minimum Gasteiger partial charge on any atom is -0.466 e. The Morgan fingerprint density at radius 2 is 2.57 bits per heavy atom. The van der Waals surface area contributed by atoms with Crippen LogP contribution in [0.2, 0.25) is 0 Å². The van der Waals surface area contributed by atoms with Gasteiger partial charge in [0.25, 0.3) is 0 Å². The van der Waals surface area contributed by atoms with E-state index >= 15 is 0 Å². The quantitative estimate of drug-likeness (QED) is 0.404. The number of amidine groups is 1. The van der Waals surface area contributed by atoms with Crippen molar-refractivity contribution >= 4 is 12.4 Å². The molecule has 0 unspecified atom stereocenters. The lowest BCUT2D eigenvalue weighted by atomic mass is 11.1. The number of methoxy groups -OCH3 is 1.